The third kappa shape index (κ3) is 5.02. The van der Waals surface area contributed by atoms with E-state index in [9.17, 15) is 4.79 Å². The first-order chi connectivity index (χ1) is 11.1. The first kappa shape index (κ1) is 16.9. The summed E-state index contributed by atoms with van der Waals surface area (Å²) in [6.07, 6.45) is 0. The smallest absolute Gasteiger partial charge is 0.258 e. The fourth-order valence-electron chi connectivity index (χ4n) is 2.21. The van der Waals surface area contributed by atoms with Crippen LogP contribution in [0, 0.1) is 0 Å². The van der Waals surface area contributed by atoms with E-state index in [-0.39, 0.29) is 12.5 Å². The summed E-state index contributed by atoms with van der Waals surface area (Å²) in [6, 6.07) is 15.4. The van der Waals surface area contributed by atoms with Gasteiger partial charge in [0.15, 0.2) is 6.61 Å². The van der Waals surface area contributed by atoms with Crippen LogP contribution in [0.5, 0.6) is 11.5 Å². The molecule has 0 heterocycles. The lowest BCUT2D eigenvalue weighted by atomic mass is 10.0. The molecular weight excluding hydrogens is 290 g/mol. The number of methoxy groups -OCH3 is 1. The van der Waals surface area contributed by atoms with Gasteiger partial charge in [-0.05, 0) is 29.7 Å². The highest BCUT2D eigenvalue weighted by molar-refractivity contribution is 5.77. The molecule has 0 aliphatic rings. The van der Waals surface area contributed by atoms with Crippen molar-refractivity contribution in [2.45, 2.75) is 26.3 Å². The highest BCUT2D eigenvalue weighted by atomic mass is 16.5. The molecule has 0 spiro atoms. The number of hydrogen-bond acceptors (Lipinski definition) is 3. The molecule has 2 aromatic rings. The summed E-state index contributed by atoms with van der Waals surface area (Å²) in [6.45, 7) is 4.66. The van der Waals surface area contributed by atoms with Crippen LogP contribution in [-0.2, 0) is 11.3 Å². The van der Waals surface area contributed by atoms with E-state index in [2.05, 4.69) is 25.2 Å². The molecule has 4 heteroatoms. The molecular formula is C19H23NO3. The van der Waals surface area contributed by atoms with Crippen LogP contribution in [0.2, 0.25) is 0 Å². The average molecular weight is 313 g/mol. The van der Waals surface area contributed by atoms with Gasteiger partial charge in [0.05, 0.1) is 7.11 Å². The van der Waals surface area contributed by atoms with Crippen molar-refractivity contribution in [1.82, 2.24) is 5.32 Å². The second kappa shape index (κ2) is 8.22. The quantitative estimate of drug-likeness (QED) is 0.851. The van der Waals surface area contributed by atoms with Gasteiger partial charge >= 0.3 is 0 Å². The number of hydrogen-bond donors (Lipinski definition) is 1. The zero-order valence-electron chi connectivity index (χ0n) is 13.8. The monoisotopic (exact) mass is 313 g/mol. The van der Waals surface area contributed by atoms with E-state index < -0.39 is 0 Å². The Hall–Kier alpha value is -2.49. The van der Waals surface area contributed by atoms with Gasteiger partial charge in [0, 0.05) is 12.1 Å². The molecule has 2 rings (SSSR count). The molecule has 23 heavy (non-hydrogen) atoms. The molecule has 0 aliphatic carbocycles. The molecule has 0 saturated heterocycles. The zero-order chi connectivity index (χ0) is 16.7. The predicted octanol–water partition coefficient (Wildman–Crippen LogP) is 3.51. The van der Waals surface area contributed by atoms with Crippen LogP contribution in [0.3, 0.4) is 0 Å². The van der Waals surface area contributed by atoms with Crippen LogP contribution in [0.25, 0.3) is 0 Å². The van der Waals surface area contributed by atoms with E-state index in [1.165, 1.54) is 5.56 Å². The molecule has 0 aromatic heterocycles. The number of carbonyl (C=O) groups excluding carboxylic acids is 1. The van der Waals surface area contributed by atoms with Crippen molar-refractivity contribution in [3.05, 3.63) is 59.7 Å². The zero-order valence-corrected chi connectivity index (χ0v) is 13.8. The van der Waals surface area contributed by atoms with Crippen LogP contribution in [0.1, 0.15) is 30.9 Å². The second-order valence-electron chi connectivity index (χ2n) is 5.60. The summed E-state index contributed by atoms with van der Waals surface area (Å²) in [4.78, 5) is 11.9. The SMILES string of the molecule is COc1ccccc1CNC(=O)COc1cccc(C(C)C)c1. The standard InChI is InChI=1S/C19H23NO3/c1-14(2)15-8-6-9-17(11-15)23-13-19(21)20-12-16-7-4-5-10-18(16)22-3/h4-11,14H,12-13H2,1-3H3,(H,20,21). The van der Waals surface area contributed by atoms with Gasteiger partial charge < -0.3 is 14.8 Å². The Morgan fingerprint density at radius 2 is 1.91 bits per heavy atom. The molecule has 0 fully saturated rings. The molecule has 1 amide bonds. The second-order valence-corrected chi connectivity index (χ2v) is 5.60. The van der Waals surface area contributed by atoms with Gasteiger partial charge in [-0.3, -0.25) is 4.79 Å². The maximum absolute atomic E-state index is 11.9. The van der Waals surface area contributed by atoms with Crippen LogP contribution >= 0.6 is 0 Å². The largest absolute Gasteiger partial charge is 0.496 e. The van der Waals surface area contributed by atoms with E-state index >= 15 is 0 Å². The van der Waals surface area contributed by atoms with Gasteiger partial charge in [0.2, 0.25) is 0 Å². The summed E-state index contributed by atoms with van der Waals surface area (Å²) in [7, 11) is 1.62. The van der Waals surface area contributed by atoms with Gasteiger partial charge in [0.25, 0.3) is 5.91 Å². The molecule has 0 atom stereocenters. The number of ether oxygens (including phenoxy) is 2. The fourth-order valence-corrected chi connectivity index (χ4v) is 2.21. The van der Waals surface area contributed by atoms with Crippen molar-refractivity contribution in [3.8, 4) is 11.5 Å². The first-order valence-electron chi connectivity index (χ1n) is 7.71. The lowest BCUT2D eigenvalue weighted by Gasteiger charge is -2.11. The highest BCUT2D eigenvalue weighted by Crippen LogP contribution is 2.20. The minimum atomic E-state index is -0.161. The van der Waals surface area contributed by atoms with Crippen molar-refractivity contribution in [1.29, 1.82) is 0 Å². The fraction of sp³-hybridized carbons (Fsp3) is 0.316. The van der Waals surface area contributed by atoms with Gasteiger partial charge in [-0.2, -0.15) is 0 Å². The molecule has 4 nitrogen and oxygen atoms in total. The Morgan fingerprint density at radius 3 is 2.65 bits per heavy atom. The normalized spacial score (nSPS) is 10.4. The van der Waals surface area contributed by atoms with Gasteiger partial charge in [0.1, 0.15) is 11.5 Å². The Balaban J connectivity index is 1.84. The van der Waals surface area contributed by atoms with E-state index in [1.54, 1.807) is 7.11 Å². The van der Waals surface area contributed by atoms with Crippen molar-refractivity contribution >= 4 is 5.91 Å². The summed E-state index contributed by atoms with van der Waals surface area (Å²) >= 11 is 0. The third-order valence-corrected chi connectivity index (χ3v) is 3.56. The van der Waals surface area contributed by atoms with Crippen molar-refractivity contribution in [2.24, 2.45) is 0 Å². The van der Waals surface area contributed by atoms with Crippen molar-refractivity contribution < 1.29 is 14.3 Å². The summed E-state index contributed by atoms with van der Waals surface area (Å²) < 4.78 is 10.8. The Labute approximate surface area is 137 Å². The number of para-hydroxylation sites is 1. The Kier molecular flexibility index (Phi) is 6.03. The number of rotatable bonds is 7. The molecule has 0 saturated carbocycles. The number of carbonyl (C=O) groups is 1. The van der Waals surface area contributed by atoms with Crippen LogP contribution in [-0.4, -0.2) is 19.6 Å². The van der Waals surface area contributed by atoms with E-state index in [0.717, 1.165) is 11.3 Å². The minimum absolute atomic E-state index is 0.00328. The van der Waals surface area contributed by atoms with Gasteiger partial charge in [-0.1, -0.05) is 44.2 Å². The van der Waals surface area contributed by atoms with Crippen LogP contribution in [0.4, 0.5) is 0 Å². The maximum atomic E-state index is 11.9. The first-order valence-corrected chi connectivity index (χ1v) is 7.71. The molecule has 1 N–H and O–H groups in total. The lowest BCUT2D eigenvalue weighted by molar-refractivity contribution is -0.123. The van der Waals surface area contributed by atoms with Crippen molar-refractivity contribution in [3.63, 3.8) is 0 Å². The Bertz CT molecular complexity index is 653. The molecule has 0 radical (unpaired) electrons. The maximum Gasteiger partial charge on any atom is 0.258 e. The number of nitrogens with one attached hydrogen (secondary N) is 1. The minimum Gasteiger partial charge on any atom is -0.496 e. The predicted molar refractivity (Wildman–Crippen MR) is 90.9 cm³/mol. The topological polar surface area (TPSA) is 47.6 Å². The van der Waals surface area contributed by atoms with E-state index in [0.29, 0.717) is 18.2 Å². The average Bonchev–Trinajstić information content (AvgIpc) is 2.58. The van der Waals surface area contributed by atoms with E-state index in [4.69, 9.17) is 9.47 Å². The molecule has 2 aromatic carbocycles. The summed E-state index contributed by atoms with van der Waals surface area (Å²) in [5, 5.41) is 2.84. The number of amides is 1. The van der Waals surface area contributed by atoms with Crippen LogP contribution in [0.15, 0.2) is 48.5 Å². The van der Waals surface area contributed by atoms with Crippen LogP contribution < -0.4 is 14.8 Å². The van der Waals surface area contributed by atoms with Gasteiger partial charge in [-0.25, -0.2) is 0 Å². The van der Waals surface area contributed by atoms with Crippen molar-refractivity contribution in [2.75, 3.05) is 13.7 Å². The van der Waals surface area contributed by atoms with Gasteiger partial charge in [-0.15, -0.1) is 0 Å². The number of benzene rings is 2. The highest BCUT2D eigenvalue weighted by Gasteiger charge is 2.07. The summed E-state index contributed by atoms with van der Waals surface area (Å²) in [5.74, 6) is 1.74. The lowest BCUT2D eigenvalue weighted by Crippen LogP contribution is -2.28. The third-order valence-electron chi connectivity index (χ3n) is 3.56. The molecule has 0 unspecified atom stereocenters. The Morgan fingerprint density at radius 1 is 1.13 bits per heavy atom. The molecule has 0 aliphatic heterocycles. The molecule has 0 bridgehead atoms. The summed E-state index contributed by atoms with van der Waals surface area (Å²) in [5.41, 5.74) is 2.13. The molecule has 122 valence electrons. The van der Waals surface area contributed by atoms with E-state index in [1.807, 2.05) is 42.5 Å².